The summed E-state index contributed by atoms with van der Waals surface area (Å²) in [7, 11) is 1.82. The molecular formula is C18H25N3O2. The van der Waals surface area contributed by atoms with E-state index in [1.54, 1.807) is 17.2 Å². The number of rotatable bonds is 7. The van der Waals surface area contributed by atoms with E-state index in [1.165, 1.54) is 0 Å². The van der Waals surface area contributed by atoms with Crippen molar-refractivity contribution in [1.29, 1.82) is 0 Å². The molecule has 0 saturated carbocycles. The van der Waals surface area contributed by atoms with Crippen molar-refractivity contribution in [3.8, 4) is 0 Å². The molecule has 1 amide bonds. The maximum Gasteiger partial charge on any atom is 0.276 e. The van der Waals surface area contributed by atoms with Crippen LogP contribution >= 0.6 is 0 Å². The van der Waals surface area contributed by atoms with Gasteiger partial charge in [0.15, 0.2) is 5.69 Å². The second-order valence-corrected chi connectivity index (χ2v) is 6.13. The third-order valence-electron chi connectivity index (χ3n) is 4.00. The van der Waals surface area contributed by atoms with Crippen LogP contribution in [0, 0.1) is 0 Å². The molecule has 0 aliphatic rings. The largest absolute Gasteiger partial charge is 0.360 e. The van der Waals surface area contributed by atoms with Gasteiger partial charge in [0.2, 0.25) is 0 Å². The van der Waals surface area contributed by atoms with Crippen molar-refractivity contribution >= 4 is 5.91 Å². The maximum atomic E-state index is 12.7. The SMILES string of the molecule is CCCC[C@H](c1cccnc1)N(C)C(=O)c1cc(C(C)C)on1. The molecule has 2 aromatic rings. The predicted octanol–water partition coefficient (Wildman–Crippen LogP) is 4.20. The Morgan fingerprint density at radius 2 is 2.17 bits per heavy atom. The first-order chi connectivity index (χ1) is 11.0. The first-order valence-corrected chi connectivity index (χ1v) is 8.18. The van der Waals surface area contributed by atoms with Crippen LogP contribution in [0.1, 0.15) is 73.8 Å². The van der Waals surface area contributed by atoms with Gasteiger partial charge in [0, 0.05) is 31.4 Å². The first kappa shape index (κ1) is 17.2. The third-order valence-corrected chi connectivity index (χ3v) is 4.00. The Labute approximate surface area is 137 Å². The summed E-state index contributed by atoms with van der Waals surface area (Å²) >= 11 is 0. The second-order valence-electron chi connectivity index (χ2n) is 6.13. The Morgan fingerprint density at radius 3 is 2.74 bits per heavy atom. The molecule has 23 heavy (non-hydrogen) atoms. The number of carbonyl (C=O) groups excluding carboxylic acids is 1. The fourth-order valence-electron chi connectivity index (χ4n) is 2.54. The third kappa shape index (κ3) is 4.18. The second kappa shape index (κ2) is 7.90. The average molecular weight is 315 g/mol. The molecule has 0 fully saturated rings. The van der Waals surface area contributed by atoms with Crippen LogP contribution < -0.4 is 0 Å². The average Bonchev–Trinajstić information content (AvgIpc) is 3.05. The van der Waals surface area contributed by atoms with E-state index in [1.807, 2.05) is 39.2 Å². The smallest absolute Gasteiger partial charge is 0.276 e. The molecule has 0 saturated heterocycles. The molecule has 0 aliphatic carbocycles. The number of hydrogen-bond acceptors (Lipinski definition) is 4. The van der Waals surface area contributed by atoms with Crippen molar-refractivity contribution in [3.63, 3.8) is 0 Å². The molecule has 0 aliphatic heterocycles. The molecule has 2 heterocycles. The predicted molar refractivity (Wildman–Crippen MR) is 89.2 cm³/mol. The molecule has 2 rings (SSSR count). The summed E-state index contributed by atoms with van der Waals surface area (Å²) in [5, 5.41) is 3.93. The molecular weight excluding hydrogens is 290 g/mol. The van der Waals surface area contributed by atoms with Crippen molar-refractivity contribution in [3.05, 3.63) is 47.6 Å². The first-order valence-electron chi connectivity index (χ1n) is 8.18. The molecule has 124 valence electrons. The van der Waals surface area contributed by atoms with Crippen molar-refractivity contribution in [2.45, 2.75) is 52.0 Å². The van der Waals surface area contributed by atoms with Gasteiger partial charge < -0.3 is 9.42 Å². The van der Waals surface area contributed by atoms with Crippen LogP contribution in [0.25, 0.3) is 0 Å². The summed E-state index contributed by atoms with van der Waals surface area (Å²) < 4.78 is 5.25. The van der Waals surface area contributed by atoms with E-state index in [9.17, 15) is 4.79 Å². The Bertz CT molecular complexity index is 622. The minimum Gasteiger partial charge on any atom is -0.360 e. The molecule has 0 N–H and O–H groups in total. The number of unbranched alkanes of at least 4 members (excludes halogenated alkanes) is 1. The molecule has 0 unspecified atom stereocenters. The monoisotopic (exact) mass is 315 g/mol. The Kier molecular flexibility index (Phi) is 5.90. The summed E-state index contributed by atoms with van der Waals surface area (Å²) in [6.45, 7) is 6.17. The van der Waals surface area contributed by atoms with Crippen LogP contribution in [-0.2, 0) is 0 Å². The van der Waals surface area contributed by atoms with E-state index < -0.39 is 0 Å². The van der Waals surface area contributed by atoms with Gasteiger partial charge in [-0.2, -0.15) is 0 Å². The Balaban J connectivity index is 2.21. The van der Waals surface area contributed by atoms with Gasteiger partial charge in [0.1, 0.15) is 5.76 Å². The van der Waals surface area contributed by atoms with E-state index in [2.05, 4.69) is 17.1 Å². The zero-order valence-corrected chi connectivity index (χ0v) is 14.3. The van der Waals surface area contributed by atoms with Crippen LogP contribution in [0.15, 0.2) is 35.1 Å². The van der Waals surface area contributed by atoms with Crippen molar-refractivity contribution in [2.24, 2.45) is 0 Å². The summed E-state index contributed by atoms with van der Waals surface area (Å²) in [4.78, 5) is 18.7. The quantitative estimate of drug-likeness (QED) is 0.768. The highest BCUT2D eigenvalue weighted by Crippen LogP contribution is 2.26. The zero-order chi connectivity index (χ0) is 16.8. The number of carbonyl (C=O) groups is 1. The number of hydrogen-bond donors (Lipinski definition) is 0. The summed E-state index contributed by atoms with van der Waals surface area (Å²) in [5.41, 5.74) is 1.41. The fraction of sp³-hybridized carbons (Fsp3) is 0.500. The number of aromatic nitrogens is 2. The lowest BCUT2D eigenvalue weighted by molar-refractivity contribution is 0.0709. The zero-order valence-electron chi connectivity index (χ0n) is 14.3. The van der Waals surface area contributed by atoms with Gasteiger partial charge >= 0.3 is 0 Å². The summed E-state index contributed by atoms with van der Waals surface area (Å²) in [5.74, 6) is 0.822. The van der Waals surface area contributed by atoms with Crippen LogP contribution in [0.5, 0.6) is 0 Å². The lowest BCUT2D eigenvalue weighted by Gasteiger charge is -2.27. The molecule has 5 heteroatoms. The van der Waals surface area contributed by atoms with Crippen LogP contribution in [0.2, 0.25) is 0 Å². The fourth-order valence-corrected chi connectivity index (χ4v) is 2.54. The topological polar surface area (TPSA) is 59.2 Å². The molecule has 0 radical (unpaired) electrons. The van der Waals surface area contributed by atoms with Crippen molar-refractivity contribution < 1.29 is 9.32 Å². The van der Waals surface area contributed by atoms with Gasteiger partial charge in [-0.1, -0.05) is 44.8 Å². The normalized spacial score (nSPS) is 12.4. The number of amides is 1. The maximum absolute atomic E-state index is 12.7. The Hall–Kier alpha value is -2.17. The molecule has 0 spiro atoms. The van der Waals surface area contributed by atoms with Crippen LogP contribution in [0.3, 0.4) is 0 Å². The van der Waals surface area contributed by atoms with Gasteiger partial charge in [-0.3, -0.25) is 9.78 Å². The number of pyridine rings is 1. The molecule has 1 atom stereocenters. The van der Waals surface area contributed by atoms with Gasteiger partial charge in [0.25, 0.3) is 5.91 Å². The summed E-state index contributed by atoms with van der Waals surface area (Å²) in [6, 6.07) is 5.65. The van der Waals surface area contributed by atoms with Gasteiger partial charge in [-0.15, -0.1) is 0 Å². The van der Waals surface area contributed by atoms with E-state index >= 15 is 0 Å². The summed E-state index contributed by atoms with van der Waals surface area (Å²) in [6.07, 6.45) is 6.61. The lowest BCUT2D eigenvalue weighted by atomic mass is 10.0. The van der Waals surface area contributed by atoms with Gasteiger partial charge in [-0.25, -0.2) is 0 Å². The number of nitrogens with zero attached hydrogens (tertiary/aromatic N) is 3. The van der Waals surface area contributed by atoms with Crippen LogP contribution in [-0.4, -0.2) is 28.0 Å². The Morgan fingerprint density at radius 1 is 1.39 bits per heavy atom. The minimum absolute atomic E-state index is 0.00431. The molecule has 2 aromatic heterocycles. The highest BCUT2D eigenvalue weighted by molar-refractivity contribution is 5.92. The van der Waals surface area contributed by atoms with E-state index in [0.717, 1.165) is 30.6 Å². The molecule has 0 bridgehead atoms. The highest BCUT2D eigenvalue weighted by Gasteiger charge is 2.25. The van der Waals surface area contributed by atoms with Crippen molar-refractivity contribution in [1.82, 2.24) is 15.0 Å². The standard InChI is InChI=1S/C18H25N3O2/c1-5-6-9-16(14-8-7-10-19-12-14)21(4)18(22)15-11-17(13(2)3)23-20-15/h7-8,10-13,16H,5-6,9H2,1-4H3/t16-/m1/s1. The van der Waals surface area contributed by atoms with E-state index in [-0.39, 0.29) is 17.9 Å². The van der Waals surface area contributed by atoms with E-state index in [0.29, 0.717) is 5.69 Å². The van der Waals surface area contributed by atoms with E-state index in [4.69, 9.17) is 4.52 Å². The van der Waals surface area contributed by atoms with Gasteiger partial charge in [0.05, 0.1) is 6.04 Å². The molecule has 5 nitrogen and oxygen atoms in total. The van der Waals surface area contributed by atoms with Crippen molar-refractivity contribution in [2.75, 3.05) is 7.05 Å². The minimum atomic E-state index is -0.120. The van der Waals surface area contributed by atoms with Gasteiger partial charge in [-0.05, 0) is 18.1 Å². The molecule has 0 aromatic carbocycles. The van der Waals surface area contributed by atoms with Crippen LogP contribution in [0.4, 0.5) is 0 Å². The lowest BCUT2D eigenvalue weighted by Crippen LogP contribution is -2.31. The highest BCUT2D eigenvalue weighted by atomic mass is 16.5.